The maximum Gasteiger partial charge on any atom is 0.305 e. The second kappa shape index (κ2) is 17.0. The van der Waals surface area contributed by atoms with Crippen LogP contribution in [0, 0.1) is 5.92 Å². The van der Waals surface area contributed by atoms with Crippen molar-refractivity contribution in [1.29, 1.82) is 0 Å². The third-order valence-electron chi connectivity index (χ3n) is 4.59. The van der Waals surface area contributed by atoms with Crippen LogP contribution < -0.4 is 0 Å². The Morgan fingerprint density at radius 3 is 1.83 bits per heavy atom. The molecule has 0 aromatic heterocycles. The molecule has 0 rings (SSSR count). The van der Waals surface area contributed by atoms with Gasteiger partial charge in [0.15, 0.2) is 0 Å². The van der Waals surface area contributed by atoms with Crippen LogP contribution in [0.3, 0.4) is 0 Å². The van der Waals surface area contributed by atoms with Crippen LogP contribution >= 0.6 is 0 Å². The highest BCUT2D eigenvalue weighted by molar-refractivity contribution is 5.78. The van der Waals surface area contributed by atoms with Gasteiger partial charge in [-0.15, -0.1) is 0 Å². The van der Waals surface area contributed by atoms with E-state index in [1.54, 1.807) is 0 Å². The van der Waals surface area contributed by atoms with Crippen molar-refractivity contribution in [2.75, 3.05) is 6.61 Å². The van der Waals surface area contributed by atoms with E-state index in [2.05, 4.69) is 13.8 Å². The van der Waals surface area contributed by atoms with Gasteiger partial charge in [-0.3, -0.25) is 9.59 Å². The lowest BCUT2D eigenvalue weighted by atomic mass is 9.97. The monoisotopic (exact) mass is 340 g/mol. The molecule has 0 saturated heterocycles. The third kappa shape index (κ3) is 16.0. The fourth-order valence-corrected chi connectivity index (χ4v) is 3.05. The van der Waals surface area contributed by atoms with Crippen molar-refractivity contribution in [2.45, 2.75) is 111 Å². The maximum absolute atomic E-state index is 11.8. The SMILES string of the molecule is CCC[C@H](C)CCC(=O)CCCCCCCCCCC(=O)OCC. The van der Waals surface area contributed by atoms with Gasteiger partial charge < -0.3 is 4.74 Å². The first kappa shape index (κ1) is 23.1. The second-order valence-electron chi connectivity index (χ2n) is 7.10. The number of hydrogen-bond acceptors (Lipinski definition) is 3. The Morgan fingerprint density at radius 1 is 0.750 bits per heavy atom. The molecule has 0 bridgehead atoms. The molecule has 0 radical (unpaired) electrons. The summed E-state index contributed by atoms with van der Waals surface area (Å²) < 4.78 is 4.91. The number of carbonyl (C=O) groups excluding carboxylic acids is 2. The summed E-state index contributed by atoms with van der Waals surface area (Å²) >= 11 is 0. The highest BCUT2D eigenvalue weighted by Gasteiger charge is 2.06. The Labute approximate surface area is 149 Å². The van der Waals surface area contributed by atoms with Gasteiger partial charge in [-0.25, -0.2) is 0 Å². The van der Waals surface area contributed by atoms with E-state index in [1.807, 2.05) is 6.92 Å². The largest absolute Gasteiger partial charge is 0.466 e. The van der Waals surface area contributed by atoms with Crippen LogP contribution in [0.5, 0.6) is 0 Å². The van der Waals surface area contributed by atoms with Crippen molar-refractivity contribution in [3.8, 4) is 0 Å². The highest BCUT2D eigenvalue weighted by Crippen LogP contribution is 2.15. The molecule has 0 aliphatic carbocycles. The summed E-state index contributed by atoms with van der Waals surface area (Å²) in [5, 5.41) is 0. The molecule has 0 aliphatic rings. The average molecular weight is 341 g/mol. The predicted molar refractivity (Wildman–Crippen MR) is 101 cm³/mol. The van der Waals surface area contributed by atoms with Gasteiger partial charge in [-0.1, -0.05) is 65.2 Å². The molecule has 0 heterocycles. The zero-order chi connectivity index (χ0) is 18.0. The topological polar surface area (TPSA) is 43.4 Å². The number of Topliss-reactive ketones (excluding diaryl/α,β-unsaturated/α-hetero) is 1. The van der Waals surface area contributed by atoms with Gasteiger partial charge in [0.2, 0.25) is 0 Å². The Morgan fingerprint density at radius 2 is 1.29 bits per heavy atom. The molecule has 0 aromatic rings. The fraction of sp³-hybridized carbons (Fsp3) is 0.905. The van der Waals surface area contributed by atoms with Crippen LogP contribution in [0.15, 0.2) is 0 Å². The summed E-state index contributed by atoms with van der Waals surface area (Å²) in [4.78, 5) is 23.0. The van der Waals surface area contributed by atoms with E-state index in [9.17, 15) is 9.59 Å². The summed E-state index contributed by atoms with van der Waals surface area (Å²) in [5.74, 6) is 1.09. The zero-order valence-corrected chi connectivity index (χ0v) is 16.4. The van der Waals surface area contributed by atoms with Gasteiger partial charge in [-0.2, -0.15) is 0 Å². The normalized spacial score (nSPS) is 12.1. The lowest BCUT2D eigenvalue weighted by Gasteiger charge is -2.08. The van der Waals surface area contributed by atoms with E-state index in [-0.39, 0.29) is 5.97 Å². The van der Waals surface area contributed by atoms with Crippen molar-refractivity contribution < 1.29 is 14.3 Å². The van der Waals surface area contributed by atoms with E-state index in [4.69, 9.17) is 4.74 Å². The third-order valence-corrected chi connectivity index (χ3v) is 4.59. The fourth-order valence-electron chi connectivity index (χ4n) is 3.05. The molecule has 0 fully saturated rings. The van der Waals surface area contributed by atoms with Crippen LogP contribution in [0.2, 0.25) is 0 Å². The van der Waals surface area contributed by atoms with Crippen molar-refractivity contribution in [1.82, 2.24) is 0 Å². The van der Waals surface area contributed by atoms with E-state index < -0.39 is 0 Å². The van der Waals surface area contributed by atoms with Gasteiger partial charge >= 0.3 is 5.97 Å². The molecule has 0 aliphatic heterocycles. The number of unbranched alkanes of at least 4 members (excludes halogenated alkanes) is 7. The molecule has 24 heavy (non-hydrogen) atoms. The van der Waals surface area contributed by atoms with Crippen molar-refractivity contribution in [3.05, 3.63) is 0 Å². The van der Waals surface area contributed by atoms with E-state index in [0.717, 1.165) is 38.5 Å². The molecule has 0 saturated carbocycles. The van der Waals surface area contributed by atoms with Crippen molar-refractivity contribution in [3.63, 3.8) is 0 Å². The van der Waals surface area contributed by atoms with Gasteiger partial charge in [0.05, 0.1) is 6.61 Å². The van der Waals surface area contributed by atoms with Crippen LogP contribution in [-0.2, 0) is 14.3 Å². The molecule has 0 aromatic carbocycles. The number of carbonyl (C=O) groups is 2. The van der Waals surface area contributed by atoms with E-state index in [0.29, 0.717) is 24.7 Å². The molecule has 0 amide bonds. The van der Waals surface area contributed by atoms with Crippen LogP contribution in [0.4, 0.5) is 0 Å². The first-order chi connectivity index (χ1) is 11.6. The average Bonchev–Trinajstić information content (AvgIpc) is 2.55. The zero-order valence-electron chi connectivity index (χ0n) is 16.4. The highest BCUT2D eigenvalue weighted by atomic mass is 16.5. The second-order valence-corrected chi connectivity index (χ2v) is 7.10. The van der Waals surface area contributed by atoms with Gasteiger partial charge in [0.25, 0.3) is 0 Å². The van der Waals surface area contributed by atoms with E-state index in [1.165, 1.54) is 44.9 Å². The summed E-state index contributed by atoms with van der Waals surface area (Å²) in [7, 11) is 0. The first-order valence-electron chi connectivity index (χ1n) is 10.3. The lowest BCUT2D eigenvalue weighted by Crippen LogP contribution is -2.03. The van der Waals surface area contributed by atoms with Gasteiger partial charge in [0, 0.05) is 19.3 Å². The lowest BCUT2D eigenvalue weighted by molar-refractivity contribution is -0.143. The first-order valence-corrected chi connectivity index (χ1v) is 10.3. The smallest absolute Gasteiger partial charge is 0.305 e. The summed E-state index contributed by atoms with van der Waals surface area (Å²) in [6.45, 7) is 6.79. The number of rotatable bonds is 17. The maximum atomic E-state index is 11.8. The summed E-state index contributed by atoms with van der Waals surface area (Å²) in [6.07, 6.45) is 14.9. The Hall–Kier alpha value is -0.860. The number of esters is 1. The van der Waals surface area contributed by atoms with Gasteiger partial charge in [-0.05, 0) is 32.1 Å². The standard InChI is InChI=1S/C21H40O3/c1-4-14-19(3)17-18-20(22)15-12-10-8-6-7-9-11-13-16-21(23)24-5-2/h19H,4-18H2,1-3H3/t19-/m0/s1. The molecule has 3 heteroatoms. The van der Waals surface area contributed by atoms with Crippen molar-refractivity contribution in [2.24, 2.45) is 5.92 Å². The number of hydrogen-bond donors (Lipinski definition) is 0. The molecule has 0 spiro atoms. The Bertz CT molecular complexity index is 312. The van der Waals surface area contributed by atoms with Gasteiger partial charge in [0.1, 0.15) is 5.78 Å². The molecule has 142 valence electrons. The molecule has 0 unspecified atom stereocenters. The molecular formula is C21H40O3. The van der Waals surface area contributed by atoms with Crippen LogP contribution in [0.1, 0.15) is 111 Å². The Kier molecular flexibility index (Phi) is 16.4. The molecular weight excluding hydrogens is 300 g/mol. The summed E-state index contributed by atoms with van der Waals surface area (Å²) in [5.41, 5.74) is 0. The predicted octanol–water partition coefficient (Wildman–Crippen LogP) is 6.24. The van der Waals surface area contributed by atoms with Crippen LogP contribution in [0.25, 0.3) is 0 Å². The quantitative estimate of drug-likeness (QED) is 0.233. The molecule has 1 atom stereocenters. The Balaban J connectivity index is 3.27. The minimum absolute atomic E-state index is 0.0637. The van der Waals surface area contributed by atoms with Crippen LogP contribution in [-0.4, -0.2) is 18.4 Å². The summed E-state index contributed by atoms with van der Waals surface area (Å²) in [6, 6.07) is 0. The van der Waals surface area contributed by atoms with E-state index >= 15 is 0 Å². The molecule has 0 N–H and O–H groups in total. The van der Waals surface area contributed by atoms with Crippen molar-refractivity contribution >= 4 is 11.8 Å². The number of ketones is 1. The minimum Gasteiger partial charge on any atom is -0.466 e. The minimum atomic E-state index is -0.0637. The molecule has 3 nitrogen and oxygen atoms in total. The number of ether oxygens (including phenoxy) is 1.